The SMILES string of the molecule is CC1(Cc2ccc(Cl)c(F)c2)Cc2cc(CC(=O)N(CC(=O)O)Cc3ccc(Cl)c(Cl)c3)ccc2O1. The maximum absolute atomic E-state index is 13.9. The van der Waals surface area contributed by atoms with E-state index in [0.29, 0.717) is 34.2 Å². The van der Waals surface area contributed by atoms with Crippen LogP contribution in [0, 0.1) is 5.82 Å². The number of ether oxygens (including phenoxy) is 1. The number of carboxylic acids is 1. The number of rotatable bonds is 8. The summed E-state index contributed by atoms with van der Waals surface area (Å²) in [6.45, 7) is 1.60. The first-order valence-corrected chi connectivity index (χ1v) is 12.3. The second kappa shape index (κ2) is 10.7. The molecule has 3 aromatic carbocycles. The Labute approximate surface area is 223 Å². The van der Waals surface area contributed by atoms with Gasteiger partial charge in [0.15, 0.2) is 0 Å². The second-order valence-corrected chi connectivity index (χ2v) is 10.4. The Morgan fingerprint density at radius 3 is 2.36 bits per heavy atom. The summed E-state index contributed by atoms with van der Waals surface area (Å²) < 4.78 is 20.1. The van der Waals surface area contributed by atoms with E-state index >= 15 is 0 Å². The third-order valence-electron chi connectivity index (χ3n) is 6.00. The van der Waals surface area contributed by atoms with Gasteiger partial charge in [-0.2, -0.15) is 0 Å². The van der Waals surface area contributed by atoms with Crippen molar-refractivity contribution in [2.75, 3.05) is 6.54 Å². The van der Waals surface area contributed by atoms with Crippen molar-refractivity contribution in [1.82, 2.24) is 4.90 Å². The molecule has 1 aliphatic heterocycles. The molecule has 1 heterocycles. The van der Waals surface area contributed by atoms with Gasteiger partial charge in [0.2, 0.25) is 5.91 Å². The van der Waals surface area contributed by atoms with Crippen LogP contribution in [-0.4, -0.2) is 34.0 Å². The fraction of sp³-hybridized carbons (Fsp3) is 0.259. The van der Waals surface area contributed by atoms with E-state index in [1.807, 2.05) is 19.1 Å². The molecule has 188 valence electrons. The quantitative estimate of drug-likeness (QED) is 0.354. The average molecular weight is 551 g/mol. The first-order chi connectivity index (χ1) is 17.0. The predicted octanol–water partition coefficient (Wildman–Crippen LogP) is 6.38. The molecule has 1 atom stereocenters. The van der Waals surface area contributed by atoms with Crippen molar-refractivity contribution in [1.29, 1.82) is 0 Å². The fourth-order valence-corrected chi connectivity index (χ4v) is 4.84. The highest BCUT2D eigenvalue weighted by Crippen LogP contribution is 2.38. The van der Waals surface area contributed by atoms with Crippen LogP contribution in [-0.2, 0) is 35.4 Å². The molecule has 9 heteroatoms. The lowest BCUT2D eigenvalue weighted by Gasteiger charge is -2.24. The predicted molar refractivity (Wildman–Crippen MR) is 138 cm³/mol. The van der Waals surface area contributed by atoms with Crippen molar-refractivity contribution in [3.63, 3.8) is 0 Å². The molecule has 3 aromatic rings. The summed E-state index contributed by atoms with van der Waals surface area (Å²) in [5.74, 6) is -1.20. The second-order valence-electron chi connectivity index (χ2n) is 9.16. The Morgan fingerprint density at radius 1 is 0.972 bits per heavy atom. The minimum Gasteiger partial charge on any atom is -0.487 e. The summed E-state index contributed by atoms with van der Waals surface area (Å²) in [5.41, 5.74) is 2.55. The number of nitrogens with zero attached hydrogens (tertiary/aromatic N) is 1. The Morgan fingerprint density at radius 2 is 1.67 bits per heavy atom. The molecule has 4 rings (SSSR count). The molecule has 0 spiro atoms. The molecule has 1 N–H and O–H groups in total. The van der Waals surface area contributed by atoms with E-state index < -0.39 is 23.9 Å². The van der Waals surface area contributed by atoms with Gasteiger partial charge in [-0.05, 0) is 59.5 Å². The minimum atomic E-state index is -1.11. The van der Waals surface area contributed by atoms with Crippen molar-refractivity contribution >= 4 is 46.7 Å². The zero-order valence-electron chi connectivity index (χ0n) is 19.4. The zero-order valence-corrected chi connectivity index (χ0v) is 21.6. The van der Waals surface area contributed by atoms with Crippen LogP contribution in [0.25, 0.3) is 0 Å². The van der Waals surface area contributed by atoms with Crippen LogP contribution >= 0.6 is 34.8 Å². The van der Waals surface area contributed by atoms with Crippen LogP contribution in [0.3, 0.4) is 0 Å². The van der Waals surface area contributed by atoms with Gasteiger partial charge in [0.25, 0.3) is 0 Å². The van der Waals surface area contributed by atoms with E-state index in [9.17, 15) is 19.1 Å². The van der Waals surface area contributed by atoms with Crippen molar-refractivity contribution in [3.05, 3.63) is 97.7 Å². The standard InChI is InChI=1S/C27H23Cl3FNO4/c1-27(12-17-2-6-21(29)23(31)10-17)13-19-8-16(4-7-24(19)36-27)11-25(33)32(15-26(34)35)14-18-3-5-20(28)22(30)9-18/h2-10H,11-15H2,1H3,(H,34,35). The molecule has 1 aliphatic rings. The number of carbonyl (C=O) groups is 2. The topological polar surface area (TPSA) is 66.8 Å². The maximum Gasteiger partial charge on any atom is 0.323 e. The van der Waals surface area contributed by atoms with Crippen LogP contribution in [0.2, 0.25) is 15.1 Å². The Bertz CT molecular complexity index is 1330. The molecule has 0 bridgehead atoms. The number of carbonyl (C=O) groups excluding carboxylic acids is 1. The van der Waals surface area contributed by atoms with Gasteiger partial charge in [0.05, 0.1) is 21.5 Å². The highest BCUT2D eigenvalue weighted by molar-refractivity contribution is 6.42. The normalized spacial score (nSPS) is 16.4. The van der Waals surface area contributed by atoms with Crippen molar-refractivity contribution in [3.8, 4) is 5.75 Å². The molecule has 1 unspecified atom stereocenters. The first kappa shape index (κ1) is 26.3. The Hall–Kier alpha value is -2.80. The highest BCUT2D eigenvalue weighted by atomic mass is 35.5. The van der Waals surface area contributed by atoms with Crippen LogP contribution in [0.4, 0.5) is 4.39 Å². The molecular weight excluding hydrogens is 528 g/mol. The monoisotopic (exact) mass is 549 g/mol. The number of benzene rings is 3. The molecule has 36 heavy (non-hydrogen) atoms. The van der Waals surface area contributed by atoms with Gasteiger partial charge >= 0.3 is 5.97 Å². The Kier molecular flexibility index (Phi) is 7.79. The number of amides is 1. The molecule has 0 saturated carbocycles. The van der Waals surface area contributed by atoms with Gasteiger partial charge in [0, 0.05) is 19.4 Å². The number of halogens is 4. The summed E-state index contributed by atoms with van der Waals surface area (Å²) in [6, 6.07) is 15.2. The summed E-state index contributed by atoms with van der Waals surface area (Å²) in [7, 11) is 0. The van der Waals surface area contributed by atoms with Crippen LogP contribution in [0.15, 0.2) is 54.6 Å². The van der Waals surface area contributed by atoms with Gasteiger partial charge in [-0.25, -0.2) is 4.39 Å². The molecular formula is C27H23Cl3FNO4. The number of aliphatic carboxylic acids is 1. The van der Waals surface area contributed by atoms with E-state index in [1.165, 1.54) is 17.0 Å². The number of carboxylic acid groups (broad SMARTS) is 1. The maximum atomic E-state index is 13.9. The number of hydrogen-bond donors (Lipinski definition) is 1. The average Bonchev–Trinajstić information content (AvgIpc) is 3.13. The zero-order chi connectivity index (χ0) is 26.0. The third kappa shape index (κ3) is 6.30. The van der Waals surface area contributed by atoms with Crippen LogP contribution in [0.5, 0.6) is 5.75 Å². The van der Waals surface area contributed by atoms with Gasteiger partial charge in [0.1, 0.15) is 23.7 Å². The van der Waals surface area contributed by atoms with Crippen LogP contribution in [0.1, 0.15) is 29.2 Å². The third-order valence-corrected chi connectivity index (χ3v) is 7.04. The number of hydrogen-bond acceptors (Lipinski definition) is 3. The lowest BCUT2D eigenvalue weighted by Crippen LogP contribution is -2.36. The van der Waals surface area contributed by atoms with E-state index in [1.54, 1.807) is 30.3 Å². The summed E-state index contributed by atoms with van der Waals surface area (Å²) in [5, 5.41) is 10.1. The van der Waals surface area contributed by atoms with Crippen LogP contribution < -0.4 is 4.74 Å². The van der Waals surface area contributed by atoms with Gasteiger partial charge < -0.3 is 14.7 Å². The first-order valence-electron chi connectivity index (χ1n) is 11.2. The molecule has 1 amide bonds. The van der Waals surface area contributed by atoms with Crippen molar-refractivity contribution in [2.45, 2.75) is 38.3 Å². The molecule has 0 radical (unpaired) electrons. The van der Waals surface area contributed by atoms with Gasteiger partial charge in [-0.3, -0.25) is 9.59 Å². The van der Waals surface area contributed by atoms with E-state index in [-0.39, 0.29) is 23.9 Å². The van der Waals surface area contributed by atoms with Gasteiger partial charge in [-0.15, -0.1) is 0 Å². The lowest BCUT2D eigenvalue weighted by atomic mass is 9.91. The molecule has 0 aliphatic carbocycles. The van der Waals surface area contributed by atoms with Gasteiger partial charge in [-0.1, -0.05) is 59.1 Å². The minimum absolute atomic E-state index is 0.0288. The van der Waals surface area contributed by atoms with E-state index in [2.05, 4.69) is 0 Å². The summed E-state index contributed by atoms with van der Waals surface area (Å²) in [6.07, 6.45) is 1.10. The molecule has 0 aromatic heterocycles. The summed E-state index contributed by atoms with van der Waals surface area (Å²) in [4.78, 5) is 25.7. The lowest BCUT2D eigenvalue weighted by molar-refractivity contribution is -0.144. The molecule has 5 nitrogen and oxygen atoms in total. The van der Waals surface area contributed by atoms with E-state index in [4.69, 9.17) is 39.5 Å². The smallest absolute Gasteiger partial charge is 0.323 e. The van der Waals surface area contributed by atoms with Crippen molar-refractivity contribution in [2.24, 2.45) is 0 Å². The summed E-state index contributed by atoms with van der Waals surface area (Å²) >= 11 is 17.8. The van der Waals surface area contributed by atoms with Crippen molar-refractivity contribution < 1.29 is 23.8 Å². The number of fused-ring (bicyclic) bond motifs is 1. The fourth-order valence-electron chi connectivity index (χ4n) is 4.41. The largest absolute Gasteiger partial charge is 0.487 e. The highest BCUT2D eigenvalue weighted by Gasteiger charge is 2.35. The van der Waals surface area contributed by atoms with E-state index in [0.717, 1.165) is 16.7 Å². The Balaban J connectivity index is 1.46. The molecule has 0 fully saturated rings. The molecule has 0 saturated heterocycles.